The number of nitrogens with zero attached hydrogens (tertiary/aromatic N) is 5. The van der Waals surface area contributed by atoms with E-state index in [0.717, 1.165) is 31.3 Å². The maximum atomic E-state index is 11.1. The number of aromatic nitrogens is 6. The molecule has 0 bridgehead atoms. The highest BCUT2D eigenvalue weighted by Crippen LogP contribution is 2.38. The van der Waals surface area contributed by atoms with Crippen molar-refractivity contribution in [1.29, 1.82) is 0 Å². The van der Waals surface area contributed by atoms with Crippen molar-refractivity contribution < 1.29 is 9.90 Å². The van der Waals surface area contributed by atoms with Crippen molar-refractivity contribution in [2.24, 2.45) is 11.8 Å². The van der Waals surface area contributed by atoms with Gasteiger partial charge >= 0.3 is 5.97 Å². The molecule has 0 spiro atoms. The molecule has 3 heterocycles. The number of H-pyrrole nitrogens is 1. The van der Waals surface area contributed by atoms with E-state index in [4.69, 9.17) is 5.11 Å². The molecule has 0 saturated heterocycles. The molecule has 0 aromatic carbocycles. The molecule has 132 valence electrons. The summed E-state index contributed by atoms with van der Waals surface area (Å²) < 4.78 is 1.91. The first-order valence-electron chi connectivity index (χ1n) is 8.48. The molecule has 3 aromatic rings. The van der Waals surface area contributed by atoms with Gasteiger partial charge in [0.15, 0.2) is 5.65 Å². The summed E-state index contributed by atoms with van der Waals surface area (Å²) in [6.07, 6.45) is 10.8. The minimum atomic E-state index is -0.674. The number of aliphatic carboxylic acids is 1. The average molecular weight is 342 g/mol. The molecule has 0 amide bonds. The summed E-state index contributed by atoms with van der Waals surface area (Å²) in [4.78, 5) is 15.4. The number of carbonyl (C=O) groups is 1. The second kappa shape index (κ2) is 7.87. The van der Waals surface area contributed by atoms with Gasteiger partial charge in [-0.3, -0.25) is 4.79 Å². The minimum Gasteiger partial charge on any atom is -0.481 e. The molecule has 3 aromatic heterocycles. The first-order chi connectivity index (χ1) is 12.2. The number of hydrogen-bond donors (Lipinski definition) is 2. The molecule has 1 atom stereocenters. The van der Waals surface area contributed by atoms with E-state index in [9.17, 15) is 4.79 Å². The lowest BCUT2D eigenvalue weighted by atomic mass is 9.75. The molecule has 0 unspecified atom stereocenters. The summed E-state index contributed by atoms with van der Waals surface area (Å²) in [5.41, 5.74) is 2.07. The van der Waals surface area contributed by atoms with Crippen LogP contribution >= 0.6 is 0 Å². The molecule has 4 rings (SSSR count). The lowest BCUT2D eigenvalue weighted by Gasteiger charge is -2.30. The Kier molecular flexibility index (Phi) is 5.37. The number of nitrogens with one attached hydrogen (secondary N) is 1. The number of carboxylic acid groups (broad SMARTS) is 1. The van der Waals surface area contributed by atoms with Crippen LogP contribution in [0.2, 0.25) is 0 Å². The molecule has 1 saturated carbocycles. The largest absolute Gasteiger partial charge is 0.481 e. The van der Waals surface area contributed by atoms with Crippen LogP contribution in [-0.4, -0.2) is 41.1 Å². The molecule has 2 N–H and O–H groups in total. The number of aromatic amines is 1. The summed E-state index contributed by atoms with van der Waals surface area (Å²) in [7, 11) is 0. The van der Waals surface area contributed by atoms with Crippen molar-refractivity contribution in [3.05, 3.63) is 42.6 Å². The molecule has 25 heavy (non-hydrogen) atoms. The summed E-state index contributed by atoms with van der Waals surface area (Å²) in [6, 6.07) is 3.94. The number of fused-ring (bicyclic) bond motifs is 1. The van der Waals surface area contributed by atoms with Gasteiger partial charge in [-0.15, -0.1) is 0 Å². The third kappa shape index (κ3) is 4.01. The van der Waals surface area contributed by atoms with E-state index in [1.54, 1.807) is 18.6 Å². The van der Waals surface area contributed by atoms with E-state index < -0.39 is 5.97 Å². The van der Waals surface area contributed by atoms with Crippen molar-refractivity contribution in [3.8, 4) is 0 Å². The maximum Gasteiger partial charge on any atom is 0.306 e. The van der Waals surface area contributed by atoms with Crippen LogP contribution in [0.5, 0.6) is 0 Å². The van der Waals surface area contributed by atoms with Gasteiger partial charge in [0.2, 0.25) is 0 Å². The third-order valence-corrected chi connectivity index (χ3v) is 4.94. The van der Waals surface area contributed by atoms with E-state index in [2.05, 4.69) is 25.5 Å². The summed E-state index contributed by atoms with van der Waals surface area (Å²) >= 11 is 0. The van der Waals surface area contributed by atoms with Crippen molar-refractivity contribution in [2.75, 3.05) is 0 Å². The van der Waals surface area contributed by atoms with E-state index in [0.29, 0.717) is 11.8 Å². The maximum absolute atomic E-state index is 11.1. The van der Waals surface area contributed by atoms with Crippen LogP contribution in [0.3, 0.4) is 0 Å². The van der Waals surface area contributed by atoms with Crippen LogP contribution in [0, 0.1) is 11.8 Å². The van der Waals surface area contributed by atoms with E-state index >= 15 is 0 Å². The fourth-order valence-electron chi connectivity index (χ4n) is 3.45. The highest BCUT2D eigenvalue weighted by Gasteiger charge is 2.30. The smallest absolute Gasteiger partial charge is 0.306 e. The molecular formula is C17H22N6O2. The number of rotatable bonds is 3. The third-order valence-electron chi connectivity index (χ3n) is 4.94. The van der Waals surface area contributed by atoms with Crippen LogP contribution in [-0.2, 0) is 4.79 Å². The highest BCUT2D eigenvalue weighted by atomic mass is 16.4. The molecule has 0 radical (unpaired) electrons. The Labute approximate surface area is 145 Å². The Morgan fingerprint density at radius 1 is 1.16 bits per heavy atom. The van der Waals surface area contributed by atoms with Crippen molar-refractivity contribution in [1.82, 2.24) is 30.0 Å². The Hall–Kier alpha value is -2.77. The average Bonchev–Trinajstić information content (AvgIpc) is 3.35. The fraction of sp³-hybridized carbons (Fsp3) is 0.471. The van der Waals surface area contributed by atoms with Gasteiger partial charge in [0.05, 0.1) is 24.5 Å². The zero-order valence-corrected chi connectivity index (χ0v) is 14.1. The monoisotopic (exact) mass is 342 g/mol. The van der Waals surface area contributed by atoms with Gasteiger partial charge in [-0.2, -0.15) is 20.5 Å². The van der Waals surface area contributed by atoms with Crippen molar-refractivity contribution >= 4 is 11.6 Å². The van der Waals surface area contributed by atoms with Crippen LogP contribution in [0.1, 0.15) is 44.2 Å². The zero-order valence-electron chi connectivity index (χ0n) is 14.1. The quantitative estimate of drug-likeness (QED) is 0.757. The molecule has 8 nitrogen and oxygen atoms in total. The van der Waals surface area contributed by atoms with Gasteiger partial charge < -0.3 is 5.11 Å². The predicted molar refractivity (Wildman–Crippen MR) is 90.9 cm³/mol. The van der Waals surface area contributed by atoms with Crippen LogP contribution in [0.25, 0.3) is 5.65 Å². The Balaban J connectivity index is 0.000000314. The second-order valence-electron chi connectivity index (χ2n) is 6.37. The Morgan fingerprint density at radius 2 is 1.88 bits per heavy atom. The van der Waals surface area contributed by atoms with E-state index in [1.165, 1.54) is 5.69 Å². The number of carboxylic acids is 1. The molecule has 0 aliphatic heterocycles. The molecule has 1 aliphatic carbocycles. The Morgan fingerprint density at radius 3 is 2.48 bits per heavy atom. The second-order valence-corrected chi connectivity index (χ2v) is 6.37. The van der Waals surface area contributed by atoms with Crippen molar-refractivity contribution in [3.63, 3.8) is 0 Å². The summed E-state index contributed by atoms with van der Waals surface area (Å²) in [5.74, 6) is -0.152. The van der Waals surface area contributed by atoms with Crippen LogP contribution < -0.4 is 0 Å². The standard InChI is InChI=1S/C15H19N3O2.C2H3N3/c1-10(15(19)20)11-2-4-12(5-3-11)13-6-8-16-14-7-9-17-18(13)14;1-2-4-5-3-1/h6-12H,2-5H2,1H3,(H,19,20);1-2H,(H,3,4,5)/t10-,11?,12?;/m1./s1. The fourth-order valence-corrected chi connectivity index (χ4v) is 3.45. The molecular weight excluding hydrogens is 320 g/mol. The topological polar surface area (TPSA) is 109 Å². The summed E-state index contributed by atoms with van der Waals surface area (Å²) in [5, 5.41) is 22.8. The van der Waals surface area contributed by atoms with Gasteiger partial charge in [-0.05, 0) is 37.7 Å². The van der Waals surface area contributed by atoms with Gasteiger partial charge in [0.25, 0.3) is 0 Å². The minimum absolute atomic E-state index is 0.238. The van der Waals surface area contributed by atoms with Crippen LogP contribution in [0.15, 0.2) is 36.9 Å². The van der Waals surface area contributed by atoms with E-state index in [-0.39, 0.29) is 5.92 Å². The highest BCUT2D eigenvalue weighted by molar-refractivity contribution is 5.69. The van der Waals surface area contributed by atoms with Gasteiger partial charge in [-0.1, -0.05) is 6.92 Å². The molecule has 1 fully saturated rings. The zero-order chi connectivity index (χ0) is 17.6. The first-order valence-corrected chi connectivity index (χ1v) is 8.48. The van der Waals surface area contributed by atoms with Gasteiger partial charge in [0.1, 0.15) is 0 Å². The summed E-state index contributed by atoms with van der Waals surface area (Å²) in [6.45, 7) is 1.82. The molecule has 1 aliphatic rings. The predicted octanol–water partition coefficient (Wildman–Crippen LogP) is 2.53. The first kappa shape index (κ1) is 17.1. The van der Waals surface area contributed by atoms with E-state index in [1.807, 2.05) is 29.8 Å². The van der Waals surface area contributed by atoms with Crippen molar-refractivity contribution in [2.45, 2.75) is 38.5 Å². The lowest BCUT2D eigenvalue weighted by molar-refractivity contribution is -0.143. The number of hydrogen-bond acceptors (Lipinski definition) is 5. The Bertz CT molecular complexity index is 775. The van der Waals surface area contributed by atoms with Gasteiger partial charge in [0, 0.05) is 23.9 Å². The van der Waals surface area contributed by atoms with Gasteiger partial charge in [-0.25, -0.2) is 9.50 Å². The lowest BCUT2D eigenvalue weighted by Crippen LogP contribution is -2.25. The normalized spacial score (nSPS) is 21.3. The SMILES string of the molecule is C[C@@H](C(=O)O)C1CCC(c2ccnc3ccnn23)CC1.c1cn[nH]n1. The molecule has 8 heteroatoms. The van der Waals surface area contributed by atoms with Crippen LogP contribution in [0.4, 0.5) is 0 Å².